The molecule has 21 heavy (non-hydrogen) atoms. The molecule has 2 heterocycles. The molecular weight excluding hydrogens is 302 g/mol. The lowest BCUT2D eigenvalue weighted by molar-refractivity contribution is -0.128. The van der Waals surface area contributed by atoms with Gasteiger partial charge in [-0.2, -0.15) is 0 Å². The summed E-state index contributed by atoms with van der Waals surface area (Å²) in [4.78, 5) is 15.5. The molecule has 1 atom stereocenters. The number of carbonyl (C=O) groups is 1. The fourth-order valence-corrected chi connectivity index (χ4v) is 4.96. The predicted molar refractivity (Wildman–Crippen MR) is 87.8 cm³/mol. The van der Waals surface area contributed by atoms with Crippen molar-refractivity contribution in [3.63, 3.8) is 0 Å². The Labute approximate surface area is 132 Å². The summed E-state index contributed by atoms with van der Waals surface area (Å²) in [6.07, 6.45) is 0. The molecule has 1 unspecified atom stereocenters. The van der Waals surface area contributed by atoms with Crippen molar-refractivity contribution in [2.45, 2.75) is 18.8 Å². The number of carbonyl (C=O) groups excluding carboxylic acids is 1. The van der Waals surface area contributed by atoms with Crippen LogP contribution in [-0.4, -0.2) is 23.7 Å². The molecule has 110 valence electrons. The van der Waals surface area contributed by atoms with Gasteiger partial charge in [-0.3, -0.25) is 4.79 Å². The zero-order chi connectivity index (χ0) is 14.8. The number of nitrogens with zero attached hydrogens (tertiary/aromatic N) is 1. The van der Waals surface area contributed by atoms with Crippen LogP contribution in [0.1, 0.15) is 21.4 Å². The van der Waals surface area contributed by atoms with E-state index in [-0.39, 0.29) is 11.3 Å². The second-order valence-electron chi connectivity index (χ2n) is 4.96. The van der Waals surface area contributed by atoms with Crippen molar-refractivity contribution >= 4 is 29.0 Å². The maximum absolute atomic E-state index is 12.3. The van der Waals surface area contributed by atoms with Crippen LogP contribution in [0.15, 0.2) is 35.7 Å². The molecule has 1 aromatic heterocycles. The van der Waals surface area contributed by atoms with Crippen molar-refractivity contribution in [1.82, 2.24) is 4.90 Å². The van der Waals surface area contributed by atoms with E-state index < -0.39 is 0 Å². The molecular formula is C16H17NO2S2. The molecule has 1 aromatic carbocycles. The van der Waals surface area contributed by atoms with Gasteiger partial charge in [0.25, 0.3) is 0 Å². The molecule has 3 nitrogen and oxygen atoms in total. The number of amides is 1. The minimum absolute atomic E-state index is 0.127. The number of benzene rings is 1. The summed E-state index contributed by atoms with van der Waals surface area (Å²) in [7, 11) is 1.67. The maximum Gasteiger partial charge on any atom is 0.234 e. The van der Waals surface area contributed by atoms with Gasteiger partial charge < -0.3 is 9.64 Å². The molecule has 0 spiro atoms. The minimum Gasteiger partial charge on any atom is -0.496 e. The van der Waals surface area contributed by atoms with E-state index in [0.717, 1.165) is 11.3 Å². The predicted octanol–water partition coefficient (Wildman–Crippen LogP) is 3.84. The van der Waals surface area contributed by atoms with Crippen LogP contribution in [0.2, 0.25) is 0 Å². The van der Waals surface area contributed by atoms with Crippen LogP contribution in [0.3, 0.4) is 0 Å². The third kappa shape index (κ3) is 2.80. The molecule has 0 saturated carbocycles. The quantitative estimate of drug-likeness (QED) is 0.857. The van der Waals surface area contributed by atoms with Crippen LogP contribution < -0.4 is 4.74 Å². The Kier molecular flexibility index (Phi) is 4.22. The molecule has 5 heteroatoms. The molecule has 3 rings (SSSR count). The van der Waals surface area contributed by atoms with Crippen molar-refractivity contribution in [3.8, 4) is 5.75 Å². The molecule has 0 aliphatic carbocycles. The summed E-state index contributed by atoms with van der Waals surface area (Å²) in [5.41, 5.74) is 2.31. The largest absolute Gasteiger partial charge is 0.496 e. The fraction of sp³-hybridized carbons (Fsp3) is 0.312. The smallest absolute Gasteiger partial charge is 0.234 e. The zero-order valence-electron chi connectivity index (χ0n) is 12.0. The Bertz CT molecular complexity index is 653. The minimum atomic E-state index is 0.127. The molecule has 1 aliphatic rings. The van der Waals surface area contributed by atoms with Gasteiger partial charge in [0, 0.05) is 10.4 Å². The maximum atomic E-state index is 12.3. The van der Waals surface area contributed by atoms with Gasteiger partial charge in [-0.1, -0.05) is 18.2 Å². The summed E-state index contributed by atoms with van der Waals surface area (Å²) in [6, 6.07) is 10.0. The summed E-state index contributed by atoms with van der Waals surface area (Å²) >= 11 is 3.44. The van der Waals surface area contributed by atoms with Crippen LogP contribution in [-0.2, 0) is 11.3 Å². The van der Waals surface area contributed by atoms with E-state index in [2.05, 4.69) is 18.4 Å². The van der Waals surface area contributed by atoms with Crippen molar-refractivity contribution in [2.24, 2.45) is 0 Å². The Balaban J connectivity index is 1.88. The van der Waals surface area contributed by atoms with Gasteiger partial charge in [0.15, 0.2) is 0 Å². The van der Waals surface area contributed by atoms with Gasteiger partial charge in [-0.15, -0.1) is 23.1 Å². The summed E-state index contributed by atoms with van der Waals surface area (Å²) in [5, 5.41) is 2.22. The van der Waals surface area contributed by atoms with Crippen molar-refractivity contribution in [1.29, 1.82) is 0 Å². The molecule has 1 amide bonds. The zero-order valence-corrected chi connectivity index (χ0v) is 13.7. The highest BCUT2D eigenvalue weighted by Crippen LogP contribution is 2.43. The van der Waals surface area contributed by atoms with Crippen LogP contribution in [0.25, 0.3) is 0 Å². The lowest BCUT2D eigenvalue weighted by atomic mass is 10.1. The van der Waals surface area contributed by atoms with Crippen LogP contribution in [0.5, 0.6) is 5.75 Å². The molecule has 0 bridgehead atoms. The first kappa shape index (κ1) is 14.5. The highest BCUT2D eigenvalue weighted by molar-refractivity contribution is 8.00. The van der Waals surface area contributed by atoms with Gasteiger partial charge in [0.2, 0.25) is 5.91 Å². The van der Waals surface area contributed by atoms with E-state index in [0.29, 0.717) is 12.3 Å². The SMILES string of the molecule is COc1ccccc1CN1C(=O)CSC1c1sccc1C. The normalized spacial score (nSPS) is 18.3. The lowest BCUT2D eigenvalue weighted by Gasteiger charge is -2.24. The van der Waals surface area contributed by atoms with E-state index in [4.69, 9.17) is 4.74 Å². The second kappa shape index (κ2) is 6.12. The van der Waals surface area contributed by atoms with Crippen LogP contribution in [0.4, 0.5) is 0 Å². The Hall–Kier alpha value is -1.46. The van der Waals surface area contributed by atoms with Gasteiger partial charge in [-0.05, 0) is 30.0 Å². The fourth-order valence-electron chi connectivity index (χ4n) is 2.50. The first-order valence-corrected chi connectivity index (χ1v) is 8.70. The number of methoxy groups -OCH3 is 1. The van der Waals surface area contributed by atoms with E-state index >= 15 is 0 Å². The summed E-state index contributed by atoms with van der Waals surface area (Å²) in [5.74, 6) is 1.59. The standard InChI is InChI=1S/C16H17NO2S2/c1-11-7-8-20-15(11)16-17(14(18)10-21-16)9-12-5-3-4-6-13(12)19-2/h3-8,16H,9-10H2,1-2H3. The van der Waals surface area contributed by atoms with Gasteiger partial charge in [0.1, 0.15) is 11.1 Å². The van der Waals surface area contributed by atoms with Gasteiger partial charge in [0.05, 0.1) is 19.4 Å². The van der Waals surface area contributed by atoms with E-state index in [9.17, 15) is 4.79 Å². The highest BCUT2D eigenvalue weighted by Gasteiger charge is 2.34. The number of thioether (sulfide) groups is 1. The Morgan fingerprint density at radius 3 is 2.86 bits per heavy atom. The van der Waals surface area contributed by atoms with Crippen molar-refractivity contribution < 1.29 is 9.53 Å². The third-order valence-corrected chi connectivity index (χ3v) is 6.07. The first-order valence-electron chi connectivity index (χ1n) is 6.77. The number of hydrogen-bond donors (Lipinski definition) is 0. The van der Waals surface area contributed by atoms with Gasteiger partial charge >= 0.3 is 0 Å². The molecule has 1 saturated heterocycles. The average Bonchev–Trinajstić information content (AvgIpc) is 3.06. The summed E-state index contributed by atoms with van der Waals surface area (Å²) in [6.45, 7) is 2.70. The van der Waals surface area contributed by atoms with E-state index in [1.165, 1.54) is 10.4 Å². The second-order valence-corrected chi connectivity index (χ2v) is 6.98. The Morgan fingerprint density at radius 1 is 1.33 bits per heavy atom. The van der Waals surface area contributed by atoms with E-state index in [1.54, 1.807) is 30.2 Å². The average molecular weight is 319 g/mol. The number of para-hydroxylation sites is 1. The number of rotatable bonds is 4. The van der Waals surface area contributed by atoms with E-state index in [1.807, 2.05) is 29.2 Å². The topological polar surface area (TPSA) is 29.5 Å². The Morgan fingerprint density at radius 2 is 2.14 bits per heavy atom. The molecule has 1 fully saturated rings. The van der Waals surface area contributed by atoms with Crippen LogP contribution in [0, 0.1) is 6.92 Å². The molecule has 0 radical (unpaired) electrons. The van der Waals surface area contributed by atoms with Crippen molar-refractivity contribution in [3.05, 3.63) is 51.7 Å². The van der Waals surface area contributed by atoms with Crippen molar-refractivity contribution in [2.75, 3.05) is 12.9 Å². The number of thiophene rings is 1. The molecule has 1 aliphatic heterocycles. The lowest BCUT2D eigenvalue weighted by Crippen LogP contribution is -2.27. The molecule has 2 aromatic rings. The number of ether oxygens (including phenoxy) is 1. The van der Waals surface area contributed by atoms with Gasteiger partial charge in [-0.25, -0.2) is 0 Å². The number of hydrogen-bond acceptors (Lipinski definition) is 4. The summed E-state index contributed by atoms with van der Waals surface area (Å²) < 4.78 is 5.40. The van der Waals surface area contributed by atoms with Crippen LogP contribution >= 0.6 is 23.1 Å². The molecule has 0 N–H and O–H groups in total. The first-order chi connectivity index (χ1) is 10.2. The highest BCUT2D eigenvalue weighted by atomic mass is 32.2. The number of aryl methyl sites for hydroxylation is 1. The monoisotopic (exact) mass is 319 g/mol. The third-order valence-electron chi connectivity index (χ3n) is 3.63.